The molecule has 2 aliphatic heterocycles. The first-order valence-electron chi connectivity index (χ1n) is 7.22. The Bertz CT molecular complexity index is 295. The van der Waals surface area contributed by atoms with Crippen molar-refractivity contribution in [3.8, 4) is 0 Å². The van der Waals surface area contributed by atoms with Crippen LogP contribution in [0, 0.1) is 11.3 Å². The number of amides is 1. The normalized spacial score (nSPS) is 35.9. The summed E-state index contributed by atoms with van der Waals surface area (Å²) in [6.45, 7) is 5.28. The molecule has 3 rings (SSSR count). The van der Waals surface area contributed by atoms with E-state index in [9.17, 15) is 4.79 Å². The van der Waals surface area contributed by atoms with Crippen LogP contribution in [-0.2, 0) is 4.79 Å². The van der Waals surface area contributed by atoms with Gasteiger partial charge >= 0.3 is 0 Å². The predicted molar refractivity (Wildman–Crippen MR) is 67.7 cm³/mol. The molecule has 3 heteroatoms. The van der Waals surface area contributed by atoms with Crippen LogP contribution in [-0.4, -0.2) is 36.5 Å². The molecule has 0 aromatic rings. The largest absolute Gasteiger partial charge is 0.340 e. The highest BCUT2D eigenvalue weighted by Crippen LogP contribution is 2.40. The zero-order valence-corrected chi connectivity index (χ0v) is 10.9. The van der Waals surface area contributed by atoms with Gasteiger partial charge in [-0.05, 0) is 38.1 Å². The lowest BCUT2D eigenvalue weighted by molar-refractivity contribution is -0.140. The van der Waals surface area contributed by atoms with Crippen LogP contribution < -0.4 is 5.32 Å². The van der Waals surface area contributed by atoms with Gasteiger partial charge in [0.1, 0.15) is 0 Å². The predicted octanol–water partition coefficient (Wildman–Crippen LogP) is 1.78. The Hall–Kier alpha value is -0.570. The van der Waals surface area contributed by atoms with E-state index in [1.807, 2.05) is 0 Å². The van der Waals surface area contributed by atoms with Crippen LogP contribution in [0.1, 0.15) is 45.4 Å². The van der Waals surface area contributed by atoms with Crippen LogP contribution in [0.25, 0.3) is 0 Å². The minimum Gasteiger partial charge on any atom is -0.340 e. The smallest absolute Gasteiger partial charge is 0.228 e. The number of nitrogens with zero attached hydrogens (tertiary/aromatic N) is 1. The number of likely N-dealkylation sites (tertiary alicyclic amines) is 1. The Morgan fingerprint density at radius 3 is 2.71 bits per heavy atom. The Morgan fingerprint density at radius 2 is 2.00 bits per heavy atom. The molecular weight excluding hydrogens is 212 g/mol. The zero-order valence-electron chi connectivity index (χ0n) is 10.9. The third kappa shape index (κ3) is 1.99. The summed E-state index contributed by atoms with van der Waals surface area (Å²) < 4.78 is 0. The van der Waals surface area contributed by atoms with Gasteiger partial charge in [0.15, 0.2) is 0 Å². The summed E-state index contributed by atoms with van der Waals surface area (Å²) in [7, 11) is 0. The fourth-order valence-corrected chi connectivity index (χ4v) is 3.96. The summed E-state index contributed by atoms with van der Waals surface area (Å²) >= 11 is 0. The molecule has 96 valence electrons. The zero-order chi connectivity index (χ0) is 11.9. The van der Waals surface area contributed by atoms with E-state index in [0.717, 1.165) is 38.4 Å². The van der Waals surface area contributed by atoms with Crippen molar-refractivity contribution in [2.75, 3.05) is 19.6 Å². The lowest BCUT2D eigenvalue weighted by atomic mass is 9.87. The van der Waals surface area contributed by atoms with E-state index >= 15 is 0 Å². The van der Waals surface area contributed by atoms with Crippen molar-refractivity contribution >= 4 is 5.91 Å². The van der Waals surface area contributed by atoms with Gasteiger partial charge in [-0.2, -0.15) is 0 Å². The topological polar surface area (TPSA) is 32.3 Å². The number of carbonyl (C=O) groups excluding carboxylic acids is 1. The van der Waals surface area contributed by atoms with Crippen molar-refractivity contribution < 1.29 is 4.79 Å². The van der Waals surface area contributed by atoms with Gasteiger partial charge in [0.25, 0.3) is 0 Å². The lowest BCUT2D eigenvalue weighted by Crippen LogP contribution is -2.43. The molecule has 2 heterocycles. The van der Waals surface area contributed by atoms with E-state index < -0.39 is 0 Å². The highest BCUT2D eigenvalue weighted by Gasteiger charge is 2.44. The van der Waals surface area contributed by atoms with Crippen molar-refractivity contribution in [1.29, 1.82) is 0 Å². The van der Waals surface area contributed by atoms with Crippen LogP contribution in [0.15, 0.2) is 0 Å². The number of rotatable bonds is 1. The molecule has 3 fully saturated rings. The molecule has 1 amide bonds. The molecule has 1 saturated carbocycles. The van der Waals surface area contributed by atoms with Gasteiger partial charge in [0.05, 0.1) is 0 Å². The molecule has 2 unspecified atom stereocenters. The number of nitrogens with one attached hydrogen (secondary N) is 1. The SMILES string of the molecule is CC1(C(=O)N2CC3CCCNC3C2)CCCC1. The fourth-order valence-electron chi connectivity index (χ4n) is 3.96. The molecule has 3 nitrogen and oxygen atoms in total. The molecular formula is C14H24N2O. The third-order valence-electron chi connectivity index (χ3n) is 5.11. The van der Waals surface area contributed by atoms with Crippen LogP contribution in [0.5, 0.6) is 0 Å². The van der Waals surface area contributed by atoms with Crippen LogP contribution in [0.3, 0.4) is 0 Å². The molecule has 2 atom stereocenters. The average Bonchev–Trinajstić information content (AvgIpc) is 2.94. The van der Waals surface area contributed by atoms with Crippen molar-refractivity contribution in [2.45, 2.75) is 51.5 Å². The molecule has 3 aliphatic rings. The fraction of sp³-hybridized carbons (Fsp3) is 0.929. The van der Waals surface area contributed by atoms with Gasteiger partial charge in [0.2, 0.25) is 5.91 Å². The lowest BCUT2D eigenvalue weighted by Gasteiger charge is -2.28. The van der Waals surface area contributed by atoms with Crippen molar-refractivity contribution in [3.63, 3.8) is 0 Å². The van der Waals surface area contributed by atoms with Gasteiger partial charge < -0.3 is 10.2 Å². The number of fused-ring (bicyclic) bond motifs is 1. The first-order valence-corrected chi connectivity index (χ1v) is 7.22. The summed E-state index contributed by atoms with van der Waals surface area (Å²) in [5.41, 5.74) is -0.0342. The first kappa shape index (κ1) is 11.5. The molecule has 1 N–H and O–H groups in total. The second kappa shape index (κ2) is 4.27. The maximum atomic E-state index is 12.6. The Balaban J connectivity index is 1.67. The Labute approximate surface area is 104 Å². The van der Waals surface area contributed by atoms with E-state index in [1.54, 1.807) is 0 Å². The van der Waals surface area contributed by atoms with Crippen LogP contribution in [0.2, 0.25) is 0 Å². The first-order chi connectivity index (χ1) is 8.19. The van der Waals surface area contributed by atoms with Crippen molar-refractivity contribution in [2.24, 2.45) is 11.3 Å². The van der Waals surface area contributed by atoms with E-state index in [0.29, 0.717) is 11.9 Å². The standard InChI is InChI=1S/C14H24N2O/c1-14(6-2-3-7-14)13(17)16-9-11-5-4-8-15-12(11)10-16/h11-12,15H,2-10H2,1H3. The average molecular weight is 236 g/mol. The van der Waals surface area contributed by atoms with E-state index in [2.05, 4.69) is 17.1 Å². The highest BCUT2D eigenvalue weighted by molar-refractivity contribution is 5.83. The quantitative estimate of drug-likeness (QED) is 0.752. The van der Waals surface area contributed by atoms with Gasteiger partial charge in [-0.25, -0.2) is 0 Å². The Morgan fingerprint density at radius 1 is 1.24 bits per heavy atom. The monoisotopic (exact) mass is 236 g/mol. The summed E-state index contributed by atoms with van der Waals surface area (Å²) in [4.78, 5) is 14.8. The van der Waals surface area contributed by atoms with Crippen LogP contribution in [0.4, 0.5) is 0 Å². The second-order valence-corrected chi connectivity index (χ2v) is 6.44. The number of carbonyl (C=O) groups is 1. The molecule has 17 heavy (non-hydrogen) atoms. The number of hydrogen-bond acceptors (Lipinski definition) is 2. The van der Waals surface area contributed by atoms with Crippen molar-refractivity contribution in [3.05, 3.63) is 0 Å². The molecule has 0 spiro atoms. The number of piperidine rings is 1. The molecule has 0 bridgehead atoms. The molecule has 2 saturated heterocycles. The van der Waals surface area contributed by atoms with Gasteiger partial charge in [-0.1, -0.05) is 19.8 Å². The van der Waals surface area contributed by atoms with Crippen LogP contribution >= 0.6 is 0 Å². The Kier molecular flexibility index (Phi) is 2.89. The van der Waals surface area contributed by atoms with E-state index in [-0.39, 0.29) is 5.41 Å². The number of hydrogen-bond donors (Lipinski definition) is 1. The third-order valence-corrected chi connectivity index (χ3v) is 5.11. The summed E-state index contributed by atoms with van der Waals surface area (Å²) in [6, 6.07) is 0.581. The van der Waals surface area contributed by atoms with Gasteiger partial charge in [-0.3, -0.25) is 4.79 Å². The maximum absolute atomic E-state index is 12.6. The molecule has 0 aromatic heterocycles. The molecule has 0 aromatic carbocycles. The molecule has 0 radical (unpaired) electrons. The second-order valence-electron chi connectivity index (χ2n) is 6.44. The van der Waals surface area contributed by atoms with E-state index in [1.165, 1.54) is 25.7 Å². The van der Waals surface area contributed by atoms with Gasteiger partial charge in [0, 0.05) is 24.5 Å². The van der Waals surface area contributed by atoms with E-state index in [4.69, 9.17) is 0 Å². The summed E-state index contributed by atoms with van der Waals surface area (Å²) in [6.07, 6.45) is 7.26. The highest BCUT2D eigenvalue weighted by atomic mass is 16.2. The summed E-state index contributed by atoms with van der Waals surface area (Å²) in [5, 5.41) is 3.58. The van der Waals surface area contributed by atoms with Crippen molar-refractivity contribution in [1.82, 2.24) is 10.2 Å². The minimum absolute atomic E-state index is 0.0342. The maximum Gasteiger partial charge on any atom is 0.228 e. The van der Waals surface area contributed by atoms with Gasteiger partial charge in [-0.15, -0.1) is 0 Å². The summed E-state index contributed by atoms with van der Waals surface area (Å²) in [5.74, 6) is 1.16. The minimum atomic E-state index is -0.0342. The molecule has 1 aliphatic carbocycles.